The number of likely N-dealkylation sites (tertiary alicyclic amines) is 1. The van der Waals surface area contributed by atoms with Crippen molar-refractivity contribution in [2.24, 2.45) is 11.8 Å². The first kappa shape index (κ1) is 14.9. The average molecular weight is 352 g/mol. The highest BCUT2D eigenvalue weighted by atomic mass is 79.9. The molecule has 2 aliphatic rings. The second kappa shape index (κ2) is 6.39. The standard InChI is InChI=1S/C17H22BrNO2/c1-21-16-7-6-13(10-15(16)18)17(20)19-9-8-12-4-2-3-5-14(12)11-19/h6-7,10,12,14H,2-5,8-9,11H2,1H3/t12-,14-/m1/s1. The Morgan fingerprint density at radius 1 is 1.24 bits per heavy atom. The zero-order valence-corrected chi connectivity index (χ0v) is 14.1. The highest BCUT2D eigenvalue weighted by molar-refractivity contribution is 9.10. The zero-order valence-electron chi connectivity index (χ0n) is 12.5. The van der Waals surface area contributed by atoms with Crippen LogP contribution in [0, 0.1) is 11.8 Å². The molecule has 114 valence electrons. The number of benzene rings is 1. The number of halogens is 1. The molecule has 1 heterocycles. The Morgan fingerprint density at radius 3 is 2.71 bits per heavy atom. The second-order valence-corrected chi connectivity index (χ2v) is 7.05. The molecule has 1 aromatic carbocycles. The fraction of sp³-hybridized carbons (Fsp3) is 0.588. The smallest absolute Gasteiger partial charge is 0.253 e. The number of hydrogen-bond donors (Lipinski definition) is 0. The van der Waals surface area contributed by atoms with Gasteiger partial charge in [-0.25, -0.2) is 0 Å². The summed E-state index contributed by atoms with van der Waals surface area (Å²) in [4.78, 5) is 14.7. The monoisotopic (exact) mass is 351 g/mol. The van der Waals surface area contributed by atoms with Gasteiger partial charge in [-0.2, -0.15) is 0 Å². The Labute approximate surface area is 134 Å². The molecule has 1 aliphatic carbocycles. The molecule has 2 fully saturated rings. The minimum Gasteiger partial charge on any atom is -0.496 e. The zero-order chi connectivity index (χ0) is 14.8. The van der Waals surface area contributed by atoms with Gasteiger partial charge in [-0.15, -0.1) is 0 Å². The first-order chi connectivity index (χ1) is 10.2. The first-order valence-corrected chi connectivity index (χ1v) is 8.61. The Hall–Kier alpha value is -1.03. The fourth-order valence-electron chi connectivity index (χ4n) is 3.77. The topological polar surface area (TPSA) is 29.5 Å². The van der Waals surface area contributed by atoms with Crippen molar-refractivity contribution < 1.29 is 9.53 Å². The van der Waals surface area contributed by atoms with E-state index >= 15 is 0 Å². The van der Waals surface area contributed by atoms with Gasteiger partial charge >= 0.3 is 0 Å². The van der Waals surface area contributed by atoms with Crippen LogP contribution in [-0.2, 0) is 0 Å². The molecule has 1 aromatic rings. The highest BCUT2D eigenvalue weighted by Gasteiger charge is 2.33. The van der Waals surface area contributed by atoms with Crippen molar-refractivity contribution in [3.05, 3.63) is 28.2 Å². The summed E-state index contributed by atoms with van der Waals surface area (Å²) in [6, 6.07) is 5.58. The van der Waals surface area contributed by atoms with E-state index in [1.807, 2.05) is 23.1 Å². The van der Waals surface area contributed by atoms with Crippen molar-refractivity contribution in [2.75, 3.05) is 20.2 Å². The summed E-state index contributed by atoms with van der Waals surface area (Å²) in [6.07, 6.45) is 6.53. The van der Waals surface area contributed by atoms with Crippen LogP contribution in [-0.4, -0.2) is 31.0 Å². The second-order valence-electron chi connectivity index (χ2n) is 6.19. The summed E-state index contributed by atoms with van der Waals surface area (Å²) in [5.74, 6) is 2.49. The predicted octanol–water partition coefficient (Wildman–Crippen LogP) is 4.11. The summed E-state index contributed by atoms with van der Waals surface area (Å²) in [5, 5.41) is 0. The molecule has 0 radical (unpaired) electrons. The average Bonchev–Trinajstić information content (AvgIpc) is 2.53. The molecule has 2 atom stereocenters. The van der Waals surface area contributed by atoms with Crippen molar-refractivity contribution >= 4 is 21.8 Å². The summed E-state index contributed by atoms with van der Waals surface area (Å²) in [7, 11) is 1.63. The van der Waals surface area contributed by atoms with Crippen molar-refractivity contribution in [1.29, 1.82) is 0 Å². The maximum atomic E-state index is 12.7. The number of carbonyl (C=O) groups is 1. The molecule has 1 aliphatic heterocycles. The molecule has 0 spiro atoms. The van der Waals surface area contributed by atoms with Crippen LogP contribution in [0.5, 0.6) is 5.75 Å². The lowest BCUT2D eigenvalue weighted by Crippen LogP contribution is -2.44. The van der Waals surface area contributed by atoms with E-state index < -0.39 is 0 Å². The molecule has 0 aromatic heterocycles. The van der Waals surface area contributed by atoms with Crippen LogP contribution in [0.15, 0.2) is 22.7 Å². The quantitative estimate of drug-likeness (QED) is 0.802. The number of piperidine rings is 1. The summed E-state index contributed by atoms with van der Waals surface area (Å²) >= 11 is 3.46. The summed E-state index contributed by atoms with van der Waals surface area (Å²) < 4.78 is 6.06. The maximum absolute atomic E-state index is 12.7. The Bertz CT molecular complexity index is 532. The van der Waals surface area contributed by atoms with E-state index in [1.54, 1.807) is 7.11 Å². The molecule has 1 saturated heterocycles. The van der Waals surface area contributed by atoms with Crippen LogP contribution < -0.4 is 4.74 Å². The fourth-order valence-corrected chi connectivity index (χ4v) is 4.31. The van der Waals surface area contributed by atoms with Crippen LogP contribution in [0.1, 0.15) is 42.5 Å². The van der Waals surface area contributed by atoms with Crippen LogP contribution in [0.4, 0.5) is 0 Å². The van der Waals surface area contributed by atoms with Crippen molar-refractivity contribution in [2.45, 2.75) is 32.1 Å². The molecule has 4 heteroatoms. The van der Waals surface area contributed by atoms with E-state index in [0.717, 1.165) is 40.7 Å². The molecule has 1 amide bonds. The number of amides is 1. The lowest BCUT2D eigenvalue weighted by molar-refractivity contribution is 0.0521. The van der Waals surface area contributed by atoms with Gasteiger partial charge in [0.2, 0.25) is 0 Å². The Balaban J connectivity index is 1.71. The SMILES string of the molecule is COc1ccc(C(=O)N2CC[C@H]3CCCC[C@@H]3C2)cc1Br. The molecule has 3 rings (SSSR count). The molecule has 1 saturated carbocycles. The van der Waals surface area contributed by atoms with Gasteiger partial charge in [-0.3, -0.25) is 4.79 Å². The first-order valence-electron chi connectivity index (χ1n) is 7.82. The molecule has 0 bridgehead atoms. The van der Waals surface area contributed by atoms with E-state index in [-0.39, 0.29) is 5.91 Å². The Morgan fingerprint density at radius 2 is 2.00 bits per heavy atom. The van der Waals surface area contributed by atoms with E-state index in [1.165, 1.54) is 32.1 Å². The van der Waals surface area contributed by atoms with E-state index in [0.29, 0.717) is 0 Å². The maximum Gasteiger partial charge on any atom is 0.253 e. The number of ether oxygens (including phenoxy) is 1. The summed E-state index contributed by atoms with van der Waals surface area (Å²) in [5.41, 5.74) is 0.747. The molecular formula is C17H22BrNO2. The van der Waals surface area contributed by atoms with Gasteiger partial charge in [0.25, 0.3) is 5.91 Å². The Kier molecular flexibility index (Phi) is 4.53. The van der Waals surface area contributed by atoms with Crippen LogP contribution >= 0.6 is 15.9 Å². The van der Waals surface area contributed by atoms with Gasteiger partial charge in [0, 0.05) is 18.7 Å². The van der Waals surface area contributed by atoms with Gasteiger partial charge in [0.05, 0.1) is 11.6 Å². The largest absolute Gasteiger partial charge is 0.496 e. The lowest BCUT2D eigenvalue weighted by atomic mass is 9.75. The van der Waals surface area contributed by atoms with Crippen molar-refractivity contribution in [3.63, 3.8) is 0 Å². The van der Waals surface area contributed by atoms with Gasteiger partial charge in [-0.05, 0) is 58.8 Å². The molecule has 21 heavy (non-hydrogen) atoms. The van der Waals surface area contributed by atoms with Gasteiger partial charge in [0.1, 0.15) is 5.75 Å². The molecule has 0 N–H and O–H groups in total. The van der Waals surface area contributed by atoms with Crippen LogP contribution in [0.2, 0.25) is 0 Å². The van der Waals surface area contributed by atoms with Gasteiger partial charge in [-0.1, -0.05) is 19.3 Å². The number of methoxy groups -OCH3 is 1. The number of rotatable bonds is 2. The van der Waals surface area contributed by atoms with Gasteiger partial charge < -0.3 is 9.64 Å². The van der Waals surface area contributed by atoms with Gasteiger partial charge in [0.15, 0.2) is 0 Å². The third-order valence-corrected chi connectivity index (χ3v) is 5.60. The molecular weight excluding hydrogens is 330 g/mol. The van der Waals surface area contributed by atoms with Crippen LogP contribution in [0.25, 0.3) is 0 Å². The van der Waals surface area contributed by atoms with Crippen molar-refractivity contribution in [1.82, 2.24) is 4.90 Å². The number of hydrogen-bond acceptors (Lipinski definition) is 2. The third kappa shape index (κ3) is 3.10. The van der Waals surface area contributed by atoms with E-state index in [9.17, 15) is 4.79 Å². The number of nitrogens with zero attached hydrogens (tertiary/aromatic N) is 1. The third-order valence-electron chi connectivity index (χ3n) is 4.98. The highest BCUT2D eigenvalue weighted by Crippen LogP contribution is 2.36. The lowest BCUT2D eigenvalue weighted by Gasteiger charge is -2.41. The minimum absolute atomic E-state index is 0.155. The van der Waals surface area contributed by atoms with E-state index in [4.69, 9.17) is 4.74 Å². The molecule has 0 unspecified atom stereocenters. The predicted molar refractivity (Wildman–Crippen MR) is 86.7 cm³/mol. The molecule has 3 nitrogen and oxygen atoms in total. The normalized spacial score (nSPS) is 25.3. The summed E-state index contributed by atoms with van der Waals surface area (Å²) in [6.45, 7) is 1.84. The van der Waals surface area contributed by atoms with E-state index in [2.05, 4.69) is 15.9 Å². The minimum atomic E-state index is 0.155. The van der Waals surface area contributed by atoms with Crippen molar-refractivity contribution in [3.8, 4) is 5.75 Å². The number of fused-ring (bicyclic) bond motifs is 1. The number of carbonyl (C=O) groups excluding carboxylic acids is 1. The van der Waals surface area contributed by atoms with Crippen LogP contribution in [0.3, 0.4) is 0 Å².